The highest BCUT2D eigenvalue weighted by Crippen LogP contribution is 2.56. The van der Waals surface area contributed by atoms with Crippen LogP contribution in [0.4, 0.5) is 0 Å². The van der Waals surface area contributed by atoms with E-state index in [1.54, 1.807) is 25.5 Å². The van der Waals surface area contributed by atoms with Gasteiger partial charge in [0.2, 0.25) is 5.91 Å². The highest BCUT2D eigenvalue weighted by atomic mass is 16.2. The second kappa shape index (κ2) is 7.18. The number of fused-ring (bicyclic) bond motifs is 1. The Hall–Kier alpha value is -2.76. The molecule has 0 radical (unpaired) electrons. The van der Waals surface area contributed by atoms with Gasteiger partial charge in [-0.25, -0.2) is 4.98 Å². The zero-order valence-electron chi connectivity index (χ0n) is 17.6. The predicted molar refractivity (Wildman–Crippen MR) is 113 cm³/mol. The molecule has 2 bridgehead atoms. The summed E-state index contributed by atoms with van der Waals surface area (Å²) in [5, 5.41) is 0. The van der Waals surface area contributed by atoms with Crippen LogP contribution in [0, 0.1) is 5.41 Å². The van der Waals surface area contributed by atoms with E-state index in [0.29, 0.717) is 5.69 Å². The number of hydrogen-bond acceptors (Lipinski definition) is 4. The molecule has 6 nitrogen and oxygen atoms in total. The highest BCUT2D eigenvalue weighted by molar-refractivity contribution is 5.93. The van der Waals surface area contributed by atoms with E-state index in [9.17, 15) is 9.59 Å². The molecule has 1 saturated carbocycles. The maximum Gasteiger partial charge on any atom is 0.274 e. The standard InChI is InChI=1S/C24H28N4O2/c1-16(29)27-19(13-17-7-4-3-5-8-17)20-14-24(2)21(27)9-6-10-22(24)28(20)23(30)18-15-25-11-12-26-18/h3-5,7-8,11-12,15,19-22H,6,9-10,13-14H2,1-2H3/t19-,20+,21-,22+,24-/m1/s1. The van der Waals surface area contributed by atoms with Gasteiger partial charge in [0, 0.05) is 36.8 Å². The number of aromatic nitrogens is 2. The van der Waals surface area contributed by atoms with Crippen LogP contribution in [0.25, 0.3) is 0 Å². The van der Waals surface area contributed by atoms with Gasteiger partial charge in [-0.3, -0.25) is 14.6 Å². The summed E-state index contributed by atoms with van der Waals surface area (Å²) >= 11 is 0. The van der Waals surface area contributed by atoms with Crippen molar-refractivity contribution >= 4 is 11.8 Å². The first-order valence-corrected chi connectivity index (χ1v) is 10.9. The summed E-state index contributed by atoms with van der Waals surface area (Å²) in [6.45, 7) is 3.97. The summed E-state index contributed by atoms with van der Waals surface area (Å²) in [4.78, 5) is 39.1. The zero-order valence-corrected chi connectivity index (χ0v) is 17.6. The van der Waals surface area contributed by atoms with Crippen LogP contribution in [0.2, 0.25) is 0 Å². The van der Waals surface area contributed by atoms with E-state index in [-0.39, 0.29) is 41.4 Å². The van der Waals surface area contributed by atoms with Crippen LogP contribution >= 0.6 is 0 Å². The van der Waals surface area contributed by atoms with Crippen LogP contribution in [-0.4, -0.2) is 55.7 Å². The van der Waals surface area contributed by atoms with Gasteiger partial charge in [-0.1, -0.05) is 37.3 Å². The summed E-state index contributed by atoms with van der Waals surface area (Å²) in [7, 11) is 0. The quantitative estimate of drug-likeness (QED) is 0.789. The lowest BCUT2D eigenvalue weighted by Gasteiger charge is -2.52. The third kappa shape index (κ3) is 2.84. The molecule has 3 heterocycles. The second-order valence-electron chi connectivity index (χ2n) is 9.23. The van der Waals surface area contributed by atoms with Crippen molar-refractivity contribution in [3.8, 4) is 0 Å². The zero-order chi connectivity index (χ0) is 20.9. The minimum Gasteiger partial charge on any atom is -0.334 e. The van der Waals surface area contributed by atoms with E-state index in [1.165, 1.54) is 5.56 Å². The molecular weight excluding hydrogens is 376 g/mol. The van der Waals surface area contributed by atoms with Crippen molar-refractivity contribution in [2.24, 2.45) is 5.41 Å². The molecule has 0 N–H and O–H groups in total. The molecule has 2 aromatic rings. The fourth-order valence-corrected chi connectivity index (χ4v) is 6.47. The molecule has 2 aliphatic heterocycles. The number of hydrogen-bond donors (Lipinski definition) is 0. The molecule has 1 aliphatic carbocycles. The molecule has 2 saturated heterocycles. The SMILES string of the molecule is CC(=O)N1[C@H](Cc2ccccc2)[C@@H]2C[C@@]3(C)[C@H](CCC[C@@H]13)N2C(=O)c1cnccn1. The highest BCUT2D eigenvalue weighted by Gasteiger charge is 2.64. The Morgan fingerprint density at radius 2 is 1.83 bits per heavy atom. The molecule has 1 aromatic carbocycles. The van der Waals surface area contributed by atoms with Crippen LogP contribution in [0.3, 0.4) is 0 Å². The monoisotopic (exact) mass is 404 g/mol. The lowest BCUT2D eigenvalue weighted by atomic mass is 9.64. The van der Waals surface area contributed by atoms with E-state index < -0.39 is 0 Å². The van der Waals surface area contributed by atoms with Crippen LogP contribution < -0.4 is 0 Å². The van der Waals surface area contributed by atoms with Gasteiger partial charge in [-0.2, -0.15) is 0 Å². The number of rotatable bonds is 3. The van der Waals surface area contributed by atoms with E-state index in [2.05, 4.69) is 38.8 Å². The average Bonchev–Trinajstić information content (AvgIpc) is 3.07. The van der Waals surface area contributed by atoms with Gasteiger partial charge in [0.25, 0.3) is 5.91 Å². The van der Waals surface area contributed by atoms with Crippen LogP contribution in [-0.2, 0) is 11.2 Å². The molecule has 156 valence electrons. The predicted octanol–water partition coefficient (Wildman–Crippen LogP) is 3.09. The van der Waals surface area contributed by atoms with Crippen LogP contribution in [0.5, 0.6) is 0 Å². The van der Waals surface area contributed by atoms with Crippen LogP contribution in [0.1, 0.15) is 55.6 Å². The average molecular weight is 405 g/mol. The number of nitrogens with zero attached hydrogens (tertiary/aromatic N) is 4. The van der Waals surface area contributed by atoms with Gasteiger partial charge < -0.3 is 9.80 Å². The number of amides is 2. The molecule has 0 spiro atoms. The normalized spacial score (nSPS) is 32.2. The summed E-state index contributed by atoms with van der Waals surface area (Å²) in [5.74, 6) is 0.0669. The van der Waals surface area contributed by atoms with Gasteiger partial charge in [0.15, 0.2) is 0 Å². The Kier molecular flexibility index (Phi) is 4.60. The van der Waals surface area contributed by atoms with E-state index in [4.69, 9.17) is 0 Å². The van der Waals surface area contributed by atoms with E-state index in [1.807, 2.05) is 18.2 Å². The van der Waals surface area contributed by atoms with Crippen molar-refractivity contribution in [1.29, 1.82) is 0 Å². The molecule has 5 rings (SSSR count). The summed E-state index contributed by atoms with van der Waals surface area (Å²) in [5.41, 5.74) is 1.52. The molecular formula is C24H28N4O2. The molecule has 6 heteroatoms. The van der Waals surface area contributed by atoms with Gasteiger partial charge >= 0.3 is 0 Å². The Morgan fingerprint density at radius 3 is 2.50 bits per heavy atom. The van der Waals surface area contributed by atoms with Crippen molar-refractivity contribution in [3.63, 3.8) is 0 Å². The van der Waals surface area contributed by atoms with Crippen molar-refractivity contribution < 1.29 is 9.59 Å². The minimum absolute atomic E-state index is 0.00652. The number of piperidine rings is 1. The van der Waals surface area contributed by atoms with Crippen LogP contribution in [0.15, 0.2) is 48.9 Å². The lowest BCUT2D eigenvalue weighted by molar-refractivity contribution is -0.142. The molecule has 30 heavy (non-hydrogen) atoms. The van der Waals surface area contributed by atoms with E-state index >= 15 is 0 Å². The smallest absolute Gasteiger partial charge is 0.274 e. The van der Waals surface area contributed by atoms with Gasteiger partial charge in [-0.05, 0) is 37.7 Å². The Balaban J connectivity index is 1.59. The first-order chi connectivity index (χ1) is 14.5. The Bertz CT molecular complexity index is 950. The Morgan fingerprint density at radius 1 is 1.10 bits per heavy atom. The largest absolute Gasteiger partial charge is 0.334 e. The third-order valence-electron chi connectivity index (χ3n) is 7.62. The maximum atomic E-state index is 13.6. The number of likely N-dealkylation sites (tertiary alicyclic amines) is 2. The van der Waals surface area contributed by atoms with Crippen molar-refractivity contribution in [1.82, 2.24) is 19.8 Å². The summed E-state index contributed by atoms with van der Waals surface area (Å²) in [6, 6.07) is 10.6. The van der Waals surface area contributed by atoms with Crippen molar-refractivity contribution in [2.45, 2.75) is 70.1 Å². The van der Waals surface area contributed by atoms with Crippen molar-refractivity contribution in [2.75, 3.05) is 0 Å². The number of carbonyl (C=O) groups excluding carboxylic acids is 2. The fourth-order valence-electron chi connectivity index (χ4n) is 6.47. The first-order valence-electron chi connectivity index (χ1n) is 10.9. The topological polar surface area (TPSA) is 66.4 Å². The maximum absolute atomic E-state index is 13.6. The number of carbonyl (C=O) groups is 2. The summed E-state index contributed by atoms with van der Waals surface area (Å²) < 4.78 is 0. The molecule has 2 amide bonds. The van der Waals surface area contributed by atoms with Gasteiger partial charge in [-0.15, -0.1) is 0 Å². The third-order valence-corrected chi connectivity index (χ3v) is 7.62. The molecule has 0 unspecified atom stereocenters. The molecule has 5 atom stereocenters. The second-order valence-corrected chi connectivity index (χ2v) is 9.23. The molecule has 1 aromatic heterocycles. The molecule has 3 fully saturated rings. The first kappa shape index (κ1) is 19.2. The van der Waals surface area contributed by atoms with Gasteiger partial charge in [0.05, 0.1) is 18.3 Å². The molecule has 3 aliphatic rings. The Labute approximate surface area is 177 Å². The summed E-state index contributed by atoms with van der Waals surface area (Å²) in [6.07, 6.45) is 9.45. The fraction of sp³-hybridized carbons (Fsp3) is 0.500. The number of benzene rings is 1. The minimum atomic E-state index is -0.0698. The van der Waals surface area contributed by atoms with E-state index in [0.717, 1.165) is 32.1 Å². The van der Waals surface area contributed by atoms with Crippen molar-refractivity contribution in [3.05, 3.63) is 60.2 Å². The van der Waals surface area contributed by atoms with Gasteiger partial charge in [0.1, 0.15) is 5.69 Å². The lowest BCUT2D eigenvalue weighted by Crippen LogP contribution is -2.62.